The number of rotatable bonds is 5. The number of halogens is 1. The SMILES string of the molecule is COc1ccccc1CN1CCN(S(=O)(=O)c2ccc(F)cc2)CC1.O=C(O)C(=O)O. The van der Waals surface area contributed by atoms with Crippen molar-refractivity contribution in [2.45, 2.75) is 11.4 Å². The van der Waals surface area contributed by atoms with E-state index >= 15 is 0 Å². The van der Waals surface area contributed by atoms with Crippen LogP contribution >= 0.6 is 0 Å². The minimum atomic E-state index is -3.57. The first-order valence-corrected chi connectivity index (χ1v) is 10.7. The van der Waals surface area contributed by atoms with Crippen LogP contribution < -0.4 is 4.74 Å². The lowest BCUT2D eigenvalue weighted by atomic mass is 10.2. The molecule has 1 saturated heterocycles. The van der Waals surface area contributed by atoms with Crippen molar-refractivity contribution in [2.75, 3.05) is 33.3 Å². The first-order chi connectivity index (χ1) is 14.6. The highest BCUT2D eigenvalue weighted by atomic mass is 32.2. The predicted molar refractivity (Wildman–Crippen MR) is 109 cm³/mol. The summed E-state index contributed by atoms with van der Waals surface area (Å²) >= 11 is 0. The molecule has 2 aromatic rings. The summed E-state index contributed by atoms with van der Waals surface area (Å²) in [6.07, 6.45) is 0. The molecule has 0 unspecified atom stereocenters. The number of carboxylic acid groups (broad SMARTS) is 2. The zero-order valence-electron chi connectivity index (χ0n) is 16.8. The lowest BCUT2D eigenvalue weighted by Crippen LogP contribution is -2.48. The molecule has 0 saturated carbocycles. The Bertz CT molecular complexity index is 992. The summed E-state index contributed by atoms with van der Waals surface area (Å²) in [5, 5.41) is 14.8. The molecule has 1 fully saturated rings. The fourth-order valence-electron chi connectivity index (χ4n) is 2.96. The van der Waals surface area contributed by atoms with Gasteiger partial charge in [-0.2, -0.15) is 4.31 Å². The molecule has 0 aliphatic carbocycles. The number of hydrogen-bond acceptors (Lipinski definition) is 6. The van der Waals surface area contributed by atoms with Crippen LogP contribution in [0.1, 0.15) is 5.56 Å². The van der Waals surface area contributed by atoms with Gasteiger partial charge in [0.1, 0.15) is 11.6 Å². The third-order valence-corrected chi connectivity index (χ3v) is 6.46. The highest BCUT2D eigenvalue weighted by Crippen LogP contribution is 2.22. The van der Waals surface area contributed by atoms with Crippen LogP contribution in [-0.2, 0) is 26.2 Å². The average Bonchev–Trinajstić information content (AvgIpc) is 2.75. The molecule has 1 aliphatic heterocycles. The fourth-order valence-corrected chi connectivity index (χ4v) is 4.38. The quantitative estimate of drug-likeness (QED) is 0.652. The second-order valence-electron chi connectivity index (χ2n) is 6.56. The zero-order chi connectivity index (χ0) is 23.0. The second kappa shape index (κ2) is 10.8. The van der Waals surface area contributed by atoms with Gasteiger partial charge in [0, 0.05) is 38.3 Å². The van der Waals surface area contributed by atoms with Crippen molar-refractivity contribution < 1.29 is 37.3 Å². The van der Waals surface area contributed by atoms with Gasteiger partial charge in [-0.15, -0.1) is 0 Å². The molecule has 1 aliphatic rings. The average molecular weight is 454 g/mol. The Morgan fingerprint density at radius 2 is 1.52 bits per heavy atom. The molecule has 2 N–H and O–H groups in total. The van der Waals surface area contributed by atoms with E-state index in [9.17, 15) is 12.8 Å². The summed E-state index contributed by atoms with van der Waals surface area (Å²) in [5.41, 5.74) is 1.08. The molecule has 0 bridgehead atoms. The summed E-state index contributed by atoms with van der Waals surface area (Å²) in [6.45, 7) is 2.81. The molecule has 1 heterocycles. The Balaban J connectivity index is 0.000000501. The third-order valence-electron chi connectivity index (χ3n) is 4.55. The van der Waals surface area contributed by atoms with Crippen LogP contribution in [0.25, 0.3) is 0 Å². The first-order valence-electron chi connectivity index (χ1n) is 9.21. The number of piperazine rings is 1. The van der Waals surface area contributed by atoms with Gasteiger partial charge in [0.25, 0.3) is 0 Å². The van der Waals surface area contributed by atoms with E-state index in [0.29, 0.717) is 32.7 Å². The number of aliphatic carboxylic acids is 2. The number of carboxylic acids is 2. The molecule has 31 heavy (non-hydrogen) atoms. The van der Waals surface area contributed by atoms with Gasteiger partial charge in [-0.1, -0.05) is 18.2 Å². The summed E-state index contributed by atoms with van der Waals surface area (Å²) in [7, 11) is -1.93. The van der Waals surface area contributed by atoms with Crippen molar-refractivity contribution in [1.82, 2.24) is 9.21 Å². The third kappa shape index (κ3) is 6.74. The molecule has 0 atom stereocenters. The molecule has 0 aromatic heterocycles. The van der Waals surface area contributed by atoms with Crippen molar-refractivity contribution >= 4 is 22.0 Å². The molecular formula is C20H23FN2O7S. The van der Waals surface area contributed by atoms with Crippen LogP contribution in [0.2, 0.25) is 0 Å². The monoisotopic (exact) mass is 454 g/mol. The number of ether oxygens (including phenoxy) is 1. The minimum Gasteiger partial charge on any atom is -0.496 e. The van der Waals surface area contributed by atoms with E-state index in [1.807, 2.05) is 24.3 Å². The molecule has 9 nitrogen and oxygen atoms in total. The zero-order valence-corrected chi connectivity index (χ0v) is 17.6. The molecule has 168 valence electrons. The number of benzene rings is 2. The van der Waals surface area contributed by atoms with Gasteiger partial charge in [-0.3, -0.25) is 4.90 Å². The molecule has 0 spiro atoms. The Morgan fingerprint density at radius 1 is 0.968 bits per heavy atom. The van der Waals surface area contributed by atoms with E-state index in [0.717, 1.165) is 11.3 Å². The van der Waals surface area contributed by atoms with Crippen LogP contribution in [0.4, 0.5) is 4.39 Å². The molecule has 0 amide bonds. The smallest absolute Gasteiger partial charge is 0.414 e. The van der Waals surface area contributed by atoms with Crippen LogP contribution in [0, 0.1) is 5.82 Å². The van der Waals surface area contributed by atoms with Crippen molar-refractivity contribution in [3.05, 3.63) is 59.9 Å². The second-order valence-corrected chi connectivity index (χ2v) is 8.49. The van der Waals surface area contributed by atoms with Crippen molar-refractivity contribution in [3.63, 3.8) is 0 Å². The van der Waals surface area contributed by atoms with Gasteiger partial charge in [0.15, 0.2) is 0 Å². The van der Waals surface area contributed by atoms with Crippen LogP contribution in [0.5, 0.6) is 5.75 Å². The van der Waals surface area contributed by atoms with Gasteiger partial charge in [0.2, 0.25) is 10.0 Å². The Kier molecular flexibility index (Phi) is 8.48. The number of para-hydroxylation sites is 1. The van der Waals surface area contributed by atoms with E-state index < -0.39 is 27.8 Å². The Hall–Kier alpha value is -3.02. The van der Waals surface area contributed by atoms with E-state index in [2.05, 4.69) is 4.90 Å². The van der Waals surface area contributed by atoms with E-state index in [-0.39, 0.29) is 4.90 Å². The van der Waals surface area contributed by atoms with Crippen LogP contribution in [0.15, 0.2) is 53.4 Å². The fraction of sp³-hybridized carbons (Fsp3) is 0.300. The van der Waals surface area contributed by atoms with Crippen LogP contribution in [0.3, 0.4) is 0 Å². The van der Waals surface area contributed by atoms with Gasteiger partial charge >= 0.3 is 11.9 Å². The maximum Gasteiger partial charge on any atom is 0.414 e. The minimum absolute atomic E-state index is 0.132. The molecule has 3 rings (SSSR count). The number of sulfonamides is 1. The largest absolute Gasteiger partial charge is 0.496 e. The van der Waals surface area contributed by atoms with Crippen molar-refractivity contribution in [2.24, 2.45) is 0 Å². The number of methoxy groups -OCH3 is 1. The summed E-state index contributed by atoms with van der Waals surface area (Å²) in [6, 6.07) is 12.8. The van der Waals surface area contributed by atoms with Gasteiger partial charge in [0.05, 0.1) is 12.0 Å². The number of carbonyl (C=O) groups is 2. The lowest BCUT2D eigenvalue weighted by Gasteiger charge is -2.34. The van der Waals surface area contributed by atoms with Crippen molar-refractivity contribution in [1.29, 1.82) is 0 Å². The summed E-state index contributed by atoms with van der Waals surface area (Å²) < 4.78 is 45.1. The first kappa shape index (κ1) is 24.3. The van der Waals surface area contributed by atoms with Gasteiger partial charge in [-0.25, -0.2) is 22.4 Å². The summed E-state index contributed by atoms with van der Waals surface area (Å²) in [4.78, 5) is 20.5. The molecular weight excluding hydrogens is 431 g/mol. The number of nitrogens with zero attached hydrogens (tertiary/aromatic N) is 2. The van der Waals surface area contributed by atoms with E-state index in [1.54, 1.807) is 7.11 Å². The van der Waals surface area contributed by atoms with E-state index in [1.165, 1.54) is 28.6 Å². The highest BCUT2D eigenvalue weighted by Gasteiger charge is 2.28. The van der Waals surface area contributed by atoms with Crippen LogP contribution in [-0.4, -0.2) is 73.1 Å². The topological polar surface area (TPSA) is 124 Å². The summed E-state index contributed by atoms with van der Waals surface area (Å²) in [5.74, 6) is -3.26. The van der Waals surface area contributed by atoms with E-state index in [4.69, 9.17) is 24.5 Å². The van der Waals surface area contributed by atoms with Crippen molar-refractivity contribution in [3.8, 4) is 5.75 Å². The Morgan fingerprint density at radius 3 is 2.03 bits per heavy atom. The predicted octanol–water partition coefficient (Wildman–Crippen LogP) is 1.50. The Labute approximate surface area is 179 Å². The highest BCUT2D eigenvalue weighted by molar-refractivity contribution is 7.89. The maximum atomic E-state index is 13.0. The van der Waals surface area contributed by atoms with Gasteiger partial charge < -0.3 is 14.9 Å². The maximum absolute atomic E-state index is 13.0. The standard InChI is InChI=1S/C18H21FN2O3S.C2H2O4/c1-24-18-5-3-2-4-15(18)14-20-10-12-21(13-11-20)25(22,23)17-8-6-16(19)7-9-17;3-1(4)2(5)6/h2-9H,10-14H2,1H3;(H,3,4)(H,5,6). The molecule has 0 radical (unpaired) electrons. The molecule has 11 heteroatoms. The lowest BCUT2D eigenvalue weighted by molar-refractivity contribution is -0.159. The number of hydrogen-bond donors (Lipinski definition) is 2. The van der Waals surface area contributed by atoms with Gasteiger partial charge in [-0.05, 0) is 30.3 Å². The normalized spacial score (nSPS) is 14.9. The molecule has 2 aromatic carbocycles.